The normalized spacial score (nSPS) is 18.5. The van der Waals surface area contributed by atoms with Crippen molar-refractivity contribution in [2.24, 2.45) is 5.73 Å². The summed E-state index contributed by atoms with van der Waals surface area (Å²) in [6.45, 7) is 6.17. The Balaban J connectivity index is 2.17. The SMILES string of the molecule is Cc1ccc(CC2(CCN)OCCO2)c(C)c1. The molecule has 0 amide bonds. The van der Waals surface area contributed by atoms with Gasteiger partial charge >= 0.3 is 0 Å². The van der Waals surface area contributed by atoms with Crippen molar-refractivity contribution in [3.05, 3.63) is 34.9 Å². The summed E-state index contributed by atoms with van der Waals surface area (Å²) < 4.78 is 11.5. The van der Waals surface area contributed by atoms with Crippen LogP contribution in [0, 0.1) is 13.8 Å². The molecule has 2 rings (SSSR count). The van der Waals surface area contributed by atoms with Gasteiger partial charge in [-0.15, -0.1) is 0 Å². The van der Waals surface area contributed by atoms with E-state index in [1.165, 1.54) is 16.7 Å². The van der Waals surface area contributed by atoms with Crippen LogP contribution in [-0.2, 0) is 15.9 Å². The zero-order chi connectivity index (χ0) is 12.3. The third kappa shape index (κ3) is 2.86. The van der Waals surface area contributed by atoms with E-state index >= 15 is 0 Å². The fraction of sp³-hybridized carbons (Fsp3) is 0.571. The molecular formula is C14H21NO2. The molecule has 17 heavy (non-hydrogen) atoms. The summed E-state index contributed by atoms with van der Waals surface area (Å²) in [4.78, 5) is 0. The molecule has 0 unspecified atom stereocenters. The summed E-state index contributed by atoms with van der Waals surface area (Å²) in [6.07, 6.45) is 1.54. The maximum atomic E-state index is 5.77. The zero-order valence-electron chi connectivity index (χ0n) is 10.7. The van der Waals surface area contributed by atoms with Crippen molar-refractivity contribution in [2.75, 3.05) is 19.8 Å². The molecule has 2 N–H and O–H groups in total. The van der Waals surface area contributed by atoms with Gasteiger partial charge < -0.3 is 15.2 Å². The van der Waals surface area contributed by atoms with Crippen molar-refractivity contribution in [1.82, 2.24) is 0 Å². The van der Waals surface area contributed by atoms with Gasteiger partial charge in [-0.3, -0.25) is 0 Å². The van der Waals surface area contributed by atoms with E-state index in [0.717, 1.165) is 12.8 Å². The van der Waals surface area contributed by atoms with E-state index in [-0.39, 0.29) is 0 Å². The average Bonchev–Trinajstić information content (AvgIpc) is 2.72. The number of hydrogen-bond donors (Lipinski definition) is 1. The van der Waals surface area contributed by atoms with Crippen LogP contribution >= 0.6 is 0 Å². The smallest absolute Gasteiger partial charge is 0.173 e. The molecule has 1 saturated heterocycles. The number of benzene rings is 1. The Morgan fingerprint density at radius 1 is 1.24 bits per heavy atom. The number of rotatable bonds is 4. The van der Waals surface area contributed by atoms with Crippen LogP contribution < -0.4 is 5.73 Å². The van der Waals surface area contributed by atoms with E-state index in [0.29, 0.717) is 19.8 Å². The van der Waals surface area contributed by atoms with Crippen LogP contribution in [0.5, 0.6) is 0 Å². The molecule has 3 nitrogen and oxygen atoms in total. The Hall–Kier alpha value is -0.900. The van der Waals surface area contributed by atoms with Crippen molar-refractivity contribution < 1.29 is 9.47 Å². The van der Waals surface area contributed by atoms with Gasteiger partial charge in [0.05, 0.1) is 13.2 Å². The first-order chi connectivity index (χ1) is 8.15. The van der Waals surface area contributed by atoms with Gasteiger partial charge in [0.15, 0.2) is 5.79 Å². The Morgan fingerprint density at radius 3 is 2.53 bits per heavy atom. The molecule has 3 heteroatoms. The molecule has 0 saturated carbocycles. The summed E-state index contributed by atoms with van der Waals surface area (Å²) in [5, 5.41) is 0. The second kappa shape index (κ2) is 5.17. The summed E-state index contributed by atoms with van der Waals surface area (Å²) in [7, 11) is 0. The lowest BCUT2D eigenvalue weighted by atomic mass is 9.97. The van der Waals surface area contributed by atoms with E-state index < -0.39 is 5.79 Å². The quantitative estimate of drug-likeness (QED) is 0.867. The van der Waals surface area contributed by atoms with Crippen molar-refractivity contribution in [3.63, 3.8) is 0 Å². The predicted octanol–water partition coefficient (Wildman–Crippen LogP) is 1.94. The molecule has 0 aromatic heterocycles. The Kier molecular flexibility index (Phi) is 3.82. The highest BCUT2D eigenvalue weighted by molar-refractivity contribution is 5.31. The lowest BCUT2D eigenvalue weighted by Crippen LogP contribution is -2.35. The fourth-order valence-corrected chi connectivity index (χ4v) is 2.39. The summed E-state index contributed by atoms with van der Waals surface area (Å²) in [6, 6.07) is 6.49. The summed E-state index contributed by atoms with van der Waals surface area (Å²) in [5.74, 6) is -0.491. The Labute approximate surface area is 103 Å². The van der Waals surface area contributed by atoms with Gasteiger partial charge in [0.2, 0.25) is 0 Å². The molecule has 0 bridgehead atoms. The van der Waals surface area contributed by atoms with E-state index in [4.69, 9.17) is 15.2 Å². The molecule has 0 aliphatic carbocycles. The maximum Gasteiger partial charge on any atom is 0.173 e. The number of ether oxygens (including phenoxy) is 2. The molecule has 94 valence electrons. The highest BCUT2D eigenvalue weighted by Crippen LogP contribution is 2.28. The van der Waals surface area contributed by atoms with Crippen molar-refractivity contribution in [3.8, 4) is 0 Å². The molecule has 0 radical (unpaired) electrons. The van der Waals surface area contributed by atoms with Crippen LogP contribution in [0.15, 0.2) is 18.2 Å². The fourth-order valence-electron chi connectivity index (χ4n) is 2.39. The Bertz CT molecular complexity index is 384. The van der Waals surface area contributed by atoms with Gasteiger partial charge in [-0.05, 0) is 31.5 Å². The van der Waals surface area contributed by atoms with E-state index in [1.54, 1.807) is 0 Å². The molecule has 0 atom stereocenters. The van der Waals surface area contributed by atoms with Gasteiger partial charge in [-0.1, -0.05) is 23.8 Å². The number of nitrogens with two attached hydrogens (primary N) is 1. The second-order valence-electron chi connectivity index (χ2n) is 4.75. The number of hydrogen-bond acceptors (Lipinski definition) is 3. The largest absolute Gasteiger partial charge is 0.347 e. The summed E-state index contributed by atoms with van der Waals surface area (Å²) >= 11 is 0. The highest BCUT2D eigenvalue weighted by atomic mass is 16.7. The molecule has 1 aromatic rings. The summed E-state index contributed by atoms with van der Waals surface area (Å²) in [5.41, 5.74) is 9.51. The van der Waals surface area contributed by atoms with E-state index in [9.17, 15) is 0 Å². The van der Waals surface area contributed by atoms with Crippen LogP contribution in [0.4, 0.5) is 0 Å². The average molecular weight is 235 g/mol. The van der Waals surface area contributed by atoms with Gasteiger partial charge in [0.1, 0.15) is 0 Å². The lowest BCUT2D eigenvalue weighted by Gasteiger charge is -2.27. The van der Waals surface area contributed by atoms with Gasteiger partial charge in [0, 0.05) is 12.8 Å². The van der Waals surface area contributed by atoms with Crippen LogP contribution in [0.3, 0.4) is 0 Å². The Morgan fingerprint density at radius 2 is 1.94 bits per heavy atom. The number of aryl methyl sites for hydroxylation is 2. The van der Waals surface area contributed by atoms with Crippen LogP contribution in [0.25, 0.3) is 0 Å². The first-order valence-corrected chi connectivity index (χ1v) is 6.19. The van der Waals surface area contributed by atoms with Crippen LogP contribution in [-0.4, -0.2) is 25.5 Å². The lowest BCUT2D eigenvalue weighted by molar-refractivity contribution is -0.159. The van der Waals surface area contributed by atoms with Gasteiger partial charge in [-0.2, -0.15) is 0 Å². The molecular weight excluding hydrogens is 214 g/mol. The van der Waals surface area contributed by atoms with Crippen molar-refractivity contribution in [2.45, 2.75) is 32.5 Å². The van der Waals surface area contributed by atoms with E-state index in [2.05, 4.69) is 32.0 Å². The first kappa shape index (κ1) is 12.6. The van der Waals surface area contributed by atoms with Crippen LogP contribution in [0.1, 0.15) is 23.1 Å². The molecule has 1 aliphatic heterocycles. The van der Waals surface area contributed by atoms with Crippen molar-refractivity contribution in [1.29, 1.82) is 0 Å². The predicted molar refractivity (Wildman–Crippen MR) is 67.9 cm³/mol. The second-order valence-corrected chi connectivity index (χ2v) is 4.75. The monoisotopic (exact) mass is 235 g/mol. The standard InChI is InChI=1S/C14H21NO2/c1-11-3-4-13(12(2)9-11)10-14(5-6-15)16-7-8-17-14/h3-4,9H,5-8,10,15H2,1-2H3. The minimum atomic E-state index is -0.491. The minimum absolute atomic E-state index is 0.491. The molecule has 1 aliphatic rings. The minimum Gasteiger partial charge on any atom is -0.347 e. The zero-order valence-corrected chi connectivity index (χ0v) is 10.7. The van der Waals surface area contributed by atoms with E-state index in [1.807, 2.05) is 0 Å². The topological polar surface area (TPSA) is 44.5 Å². The molecule has 0 spiro atoms. The van der Waals surface area contributed by atoms with Gasteiger partial charge in [-0.25, -0.2) is 0 Å². The van der Waals surface area contributed by atoms with Crippen LogP contribution in [0.2, 0.25) is 0 Å². The molecule has 1 fully saturated rings. The third-order valence-corrected chi connectivity index (χ3v) is 3.30. The molecule has 1 aromatic carbocycles. The molecule has 1 heterocycles. The van der Waals surface area contributed by atoms with Crippen molar-refractivity contribution >= 4 is 0 Å². The highest BCUT2D eigenvalue weighted by Gasteiger charge is 2.36. The third-order valence-electron chi connectivity index (χ3n) is 3.30. The first-order valence-electron chi connectivity index (χ1n) is 6.19. The maximum absolute atomic E-state index is 5.77. The van der Waals surface area contributed by atoms with Gasteiger partial charge in [0.25, 0.3) is 0 Å².